The minimum absolute atomic E-state index is 0.275. The molecule has 0 aliphatic carbocycles. The maximum atomic E-state index is 12.7. The van der Waals surface area contributed by atoms with E-state index in [0.29, 0.717) is 21.1 Å². The molecule has 5 heteroatoms. The molecule has 1 amide bonds. The molecule has 0 fully saturated rings. The average molecular weight is 337 g/mol. The third-order valence-electron chi connectivity index (χ3n) is 1.62. The van der Waals surface area contributed by atoms with E-state index < -0.39 is 0 Å². The molecule has 1 aromatic carbocycles. The minimum Gasteiger partial charge on any atom is -0.347 e. The van der Waals surface area contributed by atoms with Crippen LogP contribution in [0, 0.1) is 5.82 Å². The summed E-state index contributed by atoms with van der Waals surface area (Å²) in [5, 5.41) is 2.62. The van der Waals surface area contributed by atoms with Crippen molar-refractivity contribution in [3.63, 3.8) is 0 Å². The first-order chi connectivity index (χ1) is 7.00. The standard InChI is InChI=1S/C10H8Br2FNO/c1-6(11)5-14-10(15)8-3-2-7(13)4-9(8)12/h2-4H,1,5H2,(H,14,15). The second-order valence-corrected chi connectivity index (χ2v) is 4.80. The first-order valence-electron chi connectivity index (χ1n) is 4.07. The van der Waals surface area contributed by atoms with Crippen LogP contribution in [0.1, 0.15) is 10.4 Å². The van der Waals surface area contributed by atoms with E-state index in [1.165, 1.54) is 18.2 Å². The van der Waals surface area contributed by atoms with Gasteiger partial charge in [-0.25, -0.2) is 4.39 Å². The van der Waals surface area contributed by atoms with Crippen LogP contribution in [0.2, 0.25) is 0 Å². The highest BCUT2D eigenvalue weighted by Crippen LogP contribution is 2.17. The Balaban J connectivity index is 2.78. The molecule has 0 aromatic heterocycles. The van der Waals surface area contributed by atoms with Gasteiger partial charge in [-0.15, -0.1) is 0 Å². The van der Waals surface area contributed by atoms with Gasteiger partial charge in [0, 0.05) is 15.5 Å². The first-order valence-corrected chi connectivity index (χ1v) is 5.66. The van der Waals surface area contributed by atoms with E-state index in [-0.39, 0.29) is 11.7 Å². The molecule has 0 aliphatic rings. The summed E-state index contributed by atoms with van der Waals surface area (Å²) in [5.74, 6) is -0.661. The number of amides is 1. The molecule has 0 heterocycles. The molecule has 0 atom stereocenters. The third-order valence-corrected chi connectivity index (χ3v) is 2.55. The van der Waals surface area contributed by atoms with Crippen molar-refractivity contribution in [2.45, 2.75) is 0 Å². The zero-order valence-electron chi connectivity index (χ0n) is 7.69. The molecule has 0 radical (unpaired) electrons. The average Bonchev–Trinajstić information content (AvgIpc) is 2.14. The predicted octanol–water partition coefficient (Wildman–Crippen LogP) is 3.23. The Bertz CT molecular complexity index is 406. The predicted molar refractivity (Wildman–Crippen MR) is 64.5 cm³/mol. The third kappa shape index (κ3) is 3.76. The molecule has 0 unspecified atom stereocenters. The van der Waals surface area contributed by atoms with Crippen molar-refractivity contribution in [3.05, 3.63) is 45.1 Å². The van der Waals surface area contributed by atoms with Crippen LogP contribution >= 0.6 is 31.9 Å². The maximum absolute atomic E-state index is 12.7. The molecular weight excluding hydrogens is 329 g/mol. The summed E-state index contributed by atoms with van der Waals surface area (Å²) in [6.07, 6.45) is 0. The van der Waals surface area contributed by atoms with Crippen LogP contribution in [-0.2, 0) is 0 Å². The van der Waals surface area contributed by atoms with Crippen LogP contribution in [0.3, 0.4) is 0 Å². The summed E-state index contributed by atoms with van der Waals surface area (Å²) in [4.78, 5) is 11.6. The Morgan fingerprint density at radius 3 is 2.73 bits per heavy atom. The van der Waals surface area contributed by atoms with Gasteiger partial charge in [0.1, 0.15) is 5.82 Å². The minimum atomic E-state index is -0.386. The van der Waals surface area contributed by atoms with E-state index in [9.17, 15) is 9.18 Å². The van der Waals surface area contributed by atoms with Crippen molar-refractivity contribution in [2.75, 3.05) is 6.54 Å². The smallest absolute Gasteiger partial charge is 0.252 e. The van der Waals surface area contributed by atoms with Crippen molar-refractivity contribution < 1.29 is 9.18 Å². The van der Waals surface area contributed by atoms with Gasteiger partial charge in [-0.2, -0.15) is 0 Å². The van der Waals surface area contributed by atoms with E-state index in [2.05, 4.69) is 43.8 Å². The molecule has 2 nitrogen and oxygen atoms in total. The number of halogens is 3. The first kappa shape index (κ1) is 12.4. The van der Waals surface area contributed by atoms with E-state index in [0.717, 1.165) is 0 Å². The fourth-order valence-electron chi connectivity index (χ4n) is 0.945. The molecule has 1 N–H and O–H groups in total. The Labute approximate surface area is 104 Å². The molecule has 15 heavy (non-hydrogen) atoms. The number of rotatable bonds is 3. The highest BCUT2D eigenvalue weighted by atomic mass is 79.9. The topological polar surface area (TPSA) is 29.1 Å². The number of hydrogen-bond acceptors (Lipinski definition) is 1. The van der Waals surface area contributed by atoms with Gasteiger partial charge in [-0.1, -0.05) is 22.5 Å². The monoisotopic (exact) mass is 335 g/mol. The highest BCUT2D eigenvalue weighted by Gasteiger charge is 2.09. The number of nitrogens with one attached hydrogen (secondary N) is 1. The van der Waals surface area contributed by atoms with Crippen LogP contribution in [0.25, 0.3) is 0 Å². The van der Waals surface area contributed by atoms with Gasteiger partial charge in [0.25, 0.3) is 5.91 Å². The zero-order chi connectivity index (χ0) is 11.4. The van der Waals surface area contributed by atoms with Crippen molar-refractivity contribution in [2.24, 2.45) is 0 Å². The lowest BCUT2D eigenvalue weighted by Gasteiger charge is -2.05. The second-order valence-electron chi connectivity index (χ2n) is 2.82. The summed E-state index contributed by atoms with van der Waals surface area (Å²) in [5.41, 5.74) is 0.394. The molecule has 0 spiro atoms. The molecule has 0 bridgehead atoms. The second kappa shape index (κ2) is 5.42. The fraction of sp³-hybridized carbons (Fsp3) is 0.100. The van der Waals surface area contributed by atoms with Crippen molar-refractivity contribution in [1.82, 2.24) is 5.32 Å². The lowest BCUT2D eigenvalue weighted by atomic mass is 10.2. The summed E-state index contributed by atoms with van der Waals surface area (Å²) >= 11 is 6.24. The van der Waals surface area contributed by atoms with Gasteiger partial charge in [0.2, 0.25) is 0 Å². The van der Waals surface area contributed by atoms with Crippen molar-refractivity contribution >= 4 is 37.8 Å². The van der Waals surface area contributed by atoms with Gasteiger partial charge in [-0.3, -0.25) is 4.79 Å². The van der Waals surface area contributed by atoms with Crippen molar-refractivity contribution in [1.29, 1.82) is 0 Å². The fourth-order valence-corrected chi connectivity index (χ4v) is 1.62. The van der Waals surface area contributed by atoms with Gasteiger partial charge < -0.3 is 5.32 Å². The molecule has 0 aliphatic heterocycles. The molecule has 1 aromatic rings. The van der Waals surface area contributed by atoms with Gasteiger partial charge >= 0.3 is 0 Å². The Kier molecular flexibility index (Phi) is 4.47. The van der Waals surface area contributed by atoms with Crippen LogP contribution in [-0.4, -0.2) is 12.5 Å². The molecule has 0 saturated carbocycles. The lowest BCUT2D eigenvalue weighted by molar-refractivity contribution is 0.0957. The normalized spacial score (nSPS) is 9.80. The molecule has 80 valence electrons. The molecular formula is C10H8Br2FNO. The highest BCUT2D eigenvalue weighted by molar-refractivity contribution is 9.11. The van der Waals surface area contributed by atoms with Gasteiger partial charge in [0.05, 0.1) is 5.56 Å². The van der Waals surface area contributed by atoms with Gasteiger partial charge in [-0.05, 0) is 34.1 Å². The summed E-state index contributed by atoms with van der Waals surface area (Å²) in [7, 11) is 0. The van der Waals surface area contributed by atoms with Crippen LogP contribution < -0.4 is 5.32 Å². The SMILES string of the molecule is C=C(Br)CNC(=O)c1ccc(F)cc1Br. The quantitative estimate of drug-likeness (QED) is 0.902. The van der Waals surface area contributed by atoms with Crippen LogP contribution in [0.15, 0.2) is 33.7 Å². The van der Waals surface area contributed by atoms with E-state index in [1.54, 1.807) is 0 Å². The summed E-state index contributed by atoms with van der Waals surface area (Å²) in [6.45, 7) is 3.92. The van der Waals surface area contributed by atoms with E-state index >= 15 is 0 Å². The Hall–Kier alpha value is -0.680. The van der Waals surface area contributed by atoms with Crippen LogP contribution in [0.4, 0.5) is 4.39 Å². The maximum Gasteiger partial charge on any atom is 0.252 e. The van der Waals surface area contributed by atoms with E-state index in [1.807, 2.05) is 0 Å². The summed E-state index contributed by atoms with van der Waals surface area (Å²) in [6, 6.07) is 3.91. The van der Waals surface area contributed by atoms with Gasteiger partial charge in [0.15, 0.2) is 0 Å². The molecule has 0 saturated heterocycles. The number of carbonyl (C=O) groups excluding carboxylic acids is 1. The number of benzene rings is 1. The number of carbonyl (C=O) groups is 1. The largest absolute Gasteiger partial charge is 0.347 e. The zero-order valence-corrected chi connectivity index (χ0v) is 10.9. The lowest BCUT2D eigenvalue weighted by Crippen LogP contribution is -2.24. The summed E-state index contributed by atoms with van der Waals surface area (Å²) < 4.78 is 13.8. The van der Waals surface area contributed by atoms with Crippen LogP contribution in [0.5, 0.6) is 0 Å². The number of hydrogen-bond donors (Lipinski definition) is 1. The Morgan fingerprint density at radius 1 is 1.53 bits per heavy atom. The van der Waals surface area contributed by atoms with Crippen molar-refractivity contribution in [3.8, 4) is 0 Å². The Morgan fingerprint density at radius 2 is 2.20 bits per heavy atom. The van der Waals surface area contributed by atoms with E-state index in [4.69, 9.17) is 0 Å². The molecule has 1 rings (SSSR count).